The van der Waals surface area contributed by atoms with E-state index in [0.717, 1.165) is 34.6 Å². The molecule has 8 aliphatic rings. The van der Waals surface area contributed by atoms with E-state index in [0.29, 0.717) is 0 Å². The summed E-state index contributed by atoms with van der Waals surface area (Å²) in [6.45, 7) is -4.23. The molecule has 1 unspecified atom stereocenters. The molecule has 5 amide bonds. The molecule has 50 heteroatoms. The molecule has 8 fully saturated rings. The minimum absolute atomic E-state index is 0.783. The second-order valence-electron chi connectivity index (χ2n) is 26.6. The first kappa shape index (κ1) is 89.4. The molecule has 8 aliphatic heterocycles. The van der Waals surface area contributed by atoms with Crippen LogP contribution in [-0.2, 0) is 110 Å². The van der Waals surface area contributed by atoms with Crippen molar-refractivity contribution >= 4 is 39.9 Å². The van der Waals surface area contributed by atoms with Crippen LogP contribution in [0.2, 0.25) is 0 Å². The molecule has 26 N–H and O–H groups in total. The fourth-order valence-electron chi connectivity index (χ4n) is 13.6. The van der Waals surface area contributed by atoms with Crippen LogP contribution in [0.1, 0.15) is 34.6 Å². The van der Waals surface area contributed by atoms with Gasteiger partial charge in [-0.15, -0.1) is 0 Å². The first-order valence-electron chi connectivity index (χ1n) is 33.8. The van der Waals surface area contributed by atoms with Crippen molar-refractivity contribution in [3.8, 4) is 0 Å². The Hall–Kier alpha value is -4.18. The Morgan fingerprint density at radius 1 is 0.287 bits per heavy atom. The zero-order valence-corrected chi connectivity index (χ0v) is 58.8. The van der Waals surface area contributed by atoms with Crippen molar-refractivity contribution in [2.45, 2.75) is 280 Å². The molecule has 0 spiro atoms. The van der Waals surface area contributed by atoms with Gasteiger partial charge in [0.25, 0.3) is 0 Å². The summed E-state index contributed by atoms with van der Waals surface area (Å²) in [6.07, 6.45) is -73.6. The number of hydrogen-bond acceptors (Lipinski definition) is 43. The highest BCUT2D eigenvalue weighted by Crippen LogP contribution is 2.39. The fraction of sp³-hybridized carbons (Fsp3) is 0.914. The molecule has 40 atom stereocenters. The number of rotatable bonds is 29. The van der Waals surface area contributed by atoms with Gasteiger partial charge < -0.3 is 200 Å². The Kier molecular flexibility index (Phi) is 32.1. The molecule has 0 radical (unpaired) electrons. The summed E-state index contributed by atoms with van der Waals surface area (Å²) in [7, 11) is -5.40. The molecule has 49 nitrogen and oxygen atoms in total. The van der Waals surface area contributed by atoms with Crippen LogP contribution in [0.15, 0.2) is 0 Å². The third-order valence-corrected chi connectivity index (χ3v) is 19.3. The van der Waals surface area contributed by atoms with E-state index in [1.807, 2.05) is 0 Å². The monoisotopic (exact) mass is 1600 g/mol. The van der Waals surface area contributed by atoms with Crippen molar-refractivity contribution in [2.24, 2.45) is 0 Å². The largest absolute Gasteiger partial charge is 0.397 e. The molecule has 0 aliphatic carbocycles. The van der Waals surface area contributed by atoms with Crippen LogP contribution in [-0.4, -0.2) is 443 Å². The molecule has 8 heterocycles. The molecule has 8 saturated heterocycles. The predicted octanol–water partition coefficient (Wildman–Crippen LogP) is -17.9. The van der Waals surface area contributed by atoms with E-state index in [2.05, 4.69) is 30.8 Å². The number of hydrogen-bond donors (Lipinski definition) is 26. The van der Waals surface area contributed by atoms with Gasteiger partial charge >= 0.3 is 10.4 Å². The van der Waals surface area contributed by atoms with Gasteiger partial charge in [0.2, 0.25) is 29.5 Å². The molecule has 8 rings (SSSR count). The molecule has 0 aromatic heterocycles. The van der Waals surface area contributed by atoms with Gasteiger partial charge in [0.1, 0.15) is 195 Å². The number of aliphatic hydroxyl groups excluding tert-OH is 20. The lowest BCUT2D eigenvalue weighted by Crippen LogP contribution is -2.71. The van der Waals surface area contributed by atoms with Crippen molar-refractivity contribution in [3.63, 3.8) is 0 Å². The minimum Gasteiger partial charge on any atom is -0.394 e. The fourth-order valence-corrected chi connectivity index (χ4v) is 14.1. The summed E-state index contributed by atoms with van der Waals surface area (Å²) in [6, 6.07) is -9.21. The van der Waals surface area contributed by atoms with Crippen LogP contribution in [0.5, 0.6) is 0 Å². The summed E-state index contributed by atoms with van der Waals surface area (Å²) < 4.78 is 127. The maximum Gasteiger partial charge on any atom is 0.397 e. The van der Waals surface area contributed by atoms with Crippen LogP contribution < -0.4 is 26.6 Å². The average molecular weight is 1600 g/mol. The van der Waals surface area contributed by atoms with E-state index >= 15 is 0 Å². The van der Waals surface area contributed by atoms with Crippen LogP contribution in [0.25, 0.3) is 0 Å². The summed E-state index contributed by atoms with van der Waals surface area (Å²) in [5.74, 6) is -4.50. The van der Waals surface area contributed by atoms with E-state index in [-0.39, 0.29) is 0 Å². The third kappa shape index (κ3) is 20.7. The number of ether oxygens (including phenoxy) is 15. The molecule has 0 aromatic rings. The molecule has 624 valence electrons. The first-order chi connectivity index (χ1) is 50.8. The van der Waals surface area contributed by atoms with Crippen molar-refractivity contribution in [2.75, 3.05) is 52.9 Å². The normalized spacial score (nSPS) is 46.1. The molecular weight excluding hydrogens is 1500 g/mol. The highest BCUT2D eigenvalue weighted by Gasteiger charge is 2.61. The lowest BCUT2D eigenvalue weighted by molar-refractivity contribution is -0.396. The Balaban J connectivity index is 1.14. The Morgan fingerprint density at radius 3 is 0.954 bits per heavy atom. The molecule has 0 aromatic carbocycles. The lowest BCUT2D eigenvalue weighted by Gasteiger charge is -2.51. The topological polar surface area (TPSA) is 752 Å². The van der Waals surface area contributed by atoms with Crippen molar-refractivity contribution < 1.29 is 214 Å². The Morgan fingerprint density at radius 2 is 0.565 bits per heavy atom. The van der Waals surface area contributed by atoms with E-state index in [9.17, 15) is 139 Å². The van der Waals surface area contributed by atoms with Gasteiger partial charge in [-0.1, -0.05) is 0 Å². The smallest absolute Gasteiger partial charge is 0.394 e. The number of nitrogens with one attached hydrogen (secondary N) is 5. The standard InChI is InChI=1S/C58H97N5O44S/c1-14(71)59-27-37(81)44(22(9-67)93-51(27)88)101-53-29(61-16(3)73)39(83)46(24(11-69)97-53)103-56-43(87)48(104-58-50(42(86)34(78)21(8-66)96-58)106-52-28(60-15(2)72)36(80)32(76)19(6-64)94-52)35(79)26(100-56)13-92-57-49(41(85)33(77)20(7-65)95-57)105-55-30(62-17(4)74)38(82)45(23(10-68)98-55)102-54-31(63-18(5)75)40(84)47(25(12-70)99-54)107-108(89,90)91/h19-58,64-70,76-88H,6-13H2,1-5H3,(H,59,71)(H,60,72)(H,61,73)(H,62,74)(H,63,75)(H,89,90,91)/t19-,20-,21-,22-,23-,24-,25-,26-,27-,28-,29-,30-,31-,32-,33-,34-,35-,36-,37-,38-,39-,40-,41+,42+,43+,44-,45-,46-,47+,48+,49+,50+,51?,52+,53+,54+,55+,56+,57+,58-/m1/s1. The quantitative estimate of drug-likeness (QED) is 0.0309. The van der Waals surface area contributed by atoms with E-state index in [4.69, 9.17) is 71.1 Å². The highest BCUT2D eigenvalue weighted by atomic mass is 32.3. The first-order valence-corrected chi connectivity index (χ1v) is 35.1. The summed E-state index contributed by atoms with van der Waals surface area (Å²) >= 11 is 0. The third-order valence-electron chi connectivity index (χ3n) is 18.9. The Labute approximate surface area is 612 Å². The van der Waals surface area contributed by atoms with Gasteiger partial charge in [0.05, 0.1) is 52.9 Å². The van der Waals surface area contributed by atoms with Gasteiger partial charge in [-0.05, 0) is 0 Å². The van der Waals surface area contributed by atoms with Crippen LogP contribution >= 0.6 is 0 Å². The number of aliphatic hydroxyl groups is 20. The van der Waals surface area contributed by atoms with Gasteiger partial charge in [-0.25, -0.2) is 4.18 Å². The van der Waals surface area contributed by atoms with Gasteiger partial charge in [-0.2, -0.15) is 8.42 Å². The van der Waals surface area contributed by atoms with E-state index in [1.54, 1.807) is 0 Å². The molecular formula is C58H97N5O44S. The van der Waals surface area contributed by atoms with Crippen molar-refractivity contribution in [1.29, 1.82) is 0 Å². The second kappa shape index (κ2) is 38.8. The SMILES string of the molecule is CC(=O)N[C@H]1[C@H](O[C@H]2[C@H](O)[C@@H](NC(C)=O)[C@H](O[C@@H]3[C@@H](OC[C@H]4O[C@@H](O[C@H]5[C@H](O)[C@@H](NC(C)=O)[C@H](O[C@H]6[C@H](O)[C@@H](NC(C)=O)C(O)O[C@@H]6CO)O[C@@H]5CO)[C@@H](O)[C@@H](O[C@H]5O[C@H](CO)[C@@H](O)[C@H](O)[C@@H]5O[C@@H]5O[C@H](CO)[C@@H](O)[C@H](O)[C@H]5NC(C)=O)[C@@H]4O)O[C@H](CO)[C@@H](O)[C@@H]3O)O[C@@H]2CO)O[C@H](CO)[C@H](OS(=O)(=O)O)[C@@H]1O. The highest BCUT2D eigenvalue weighted by molar-refractivity contribution is 7.80. The second-order valence-corrected chi connectivity index (χ2v) is 27.6. The van der Waals surface area contributed by atoms with E-state index < -0.39 is 338 Å². The summed E-state index contributed by atoms with van der Waals surface area (Å²) in [5, 5.41) is 235. The van der Waals surface area contributed by atoms with E-state index in [1.165, 1.54) is 0 Å². The zero-order valence-electron chi connectivity index (χ0n) is 57.9. The van der Waals surface area contributed by atoms with Crippen LogP contribution in [0.3, 0.4) is 0 Å². The van der Waals surface area contributed by atoms with Crippen LogP contribution in [0, 0.1) is 0 Å². The maximum atomic E-state index is 13.0. The summed E-state index contributed by atoms with van der Waals surface area (Å²) in [4.78, 5) is 62.9. The van der Waals surface area contributed by atoms with Gasteiger partial charge in [-0.3, -0.25) is 28.5 Å². The van der Waals surface area contributed by atoms with Gasteiger partial charge in [0, 0.05) is 34.6 Å². The maximum absolute atomic E-state index is 13.0. The van der Waals surface area contributed by atoms with Crippen molar-refractivity contribution in [3.05, 3.63) is 0 Å². The van der Waals surface area contributed by atoms with Crippen molar-refractivity contribution in [1.82, 2.24) is 26.6 Å². The number of amides is 5. The average Bonchev–Trinajstić information content (AvgIpc) is 0.773. The predicted molar refractivity (Wildman–Crippen MR) is 333 cm³/mol. The number of carbonyl (C=O) groups is 5. The number of carbonyl (C=O) groups excluding carboxylic acids is 5. The zero-order chi connectivity index (χ0) is 80.0. The molecule has 0 bridgehead atoms. The lowest BCUT2D eigenvalue weighted by atomic mass is 9.93. The molecule has 108 heavy (non-hydrogen) atoms. The van der Waals surface area contributed by atoms with Gasteiger partial charge in [0.15, 0.2) is 50.3 Å². The van der Waals surface area contributed by atoms with Crippen LogP contribution in [0.4, 0.5) is 0 Å². The minimum atomic E-state index is -5.40. The molecule has 0 saturated carbocycles. The Bertz CT molecular complexity index is 3040. The summed E-state index contributed by atoms with van der Waals surface area (Å²) in [5.41, 5.74) is 0.